The number of likely N-dealkylation sites (N-methyl/N-ethyl adjacent to an activating group) is 1. The zero-order valence-corrected chi connectivity index (χ0v) is 11.6. The average Bonchev–Trinajstić information content (AvgIpc) is 3.22. The summed E-state index contributed by atoms with van der Waals surface area (Å²) in [5, 5.41) is 0. The van der Waals surface area contributed by atoms with Crippen molar-refractivity contribution in [3.8, 4) is 0 Å². The minimum atomic E-state index is 0.275. The number of hydrogen-bond acceptors (Lipinski definition) is 3. The molecule has 2 aliphatic carbocycles. The van der Waals surface area contributed by atoms with Crippen molar-refractivity contribution in [2.45, 2.75) is 57.0 Å². The lowest BCUT2D eigenvalue weighted by Gasteiger charge is -2.34. The van der Waals surface area contributed by atoms with Crippen LogP contribution in [-0.2, 0) is 4.79 Å². The topological polar surface area (TPSA) is 49.6 Å². The van der Waals surface area contributed by atoms with Crippen LogP contribution in [0.15, 0.2) is 0 Å². The Morgan fingerprint density at radius 1 is 1.11 bits per heavy atom. The van der Waals surface area contributed by atoms with Crippen molar-refractivity contribution in [3.63, 3.8) is 0 Å². The molecule has 2 N–H and O–H groups in total. The number of hydrogen-bond donors (Lipinski definition) is 1. The molecule has 2 rings (SSSR count). The largest absolute Gasteiger partial charge is 0.342 e. The number of carbonyl (C=O) groups excluding carboxylic acids is 1. The van der Waals surface area contributed by atoms with E-state index in [9.17, 15) is 4.79 Å². The van der Waals surface area contributed by atoms with Gasteiger partial charge in [0, 0.05) is 32.2 Å². The predicted octanol–water partition coefficient (Wildman–Crippen LogP) is 1.20. The molecule has 4 heteroatoms. The van der Waals surface area contributed by atoms with Crippen LogP contribution >= 0.6 is 0 Å². The van der Waals surface area contributed by atoms with Gasteiger partial charge in [0.2, 0.25) is 5.91 Å². The van der Waals surface area contributed by atoms with E-state index in [0.29, 0.717) is 25.2 Å². The molecule has 0 radical (unpaired) electrons. The number of nitrogens with zero attached hydrogens (tertiary/aromatic N) is 2. The number of rotatable bonds is 6. The molecule has 0 saturated heterocycles. The summed E-state index contributed by atoms with van der Waals surface area (Å²) in [5.41, 5.74) is 5.69. The molecule has 1 amide bonds. The highest BCUT2D eigenvalue weighted by Gasteiger charge is 2.31. The molecule has 0 aromatic rings. The average molecular weight is 253 g/mol. The van der Waals surface area contributed by atoms with Crippen LogP contribution in [0.3, 0.4) is 0 Å². The smallest absolute Gasteiger partial charge is 0.236 e. The van der Waals surface area contributed by atoms with Gasteiger partial charge in [0.25, 0.3) is 0 Å². The Morgan fingerprint density at radius 2 is 1.78 bits per heavy atom. The Labute approximate surface area is 110 Å². The Balaban J connectivity index is 1.85. The fourth-order valence-corrected chi connectivity index (χ4v) is 2.95. The van der Waals surface area contributed by atoms with Gasteiger partial charge in [0.05, 0.1) is 6.54 Å². The summed E-state index contributed by atoms with van der Waals surface area (Å²) in [6, 6.07) is 1.10. The van der Waals surface area contributed by atoms with Crippen LogP contribution in [-0.4, -0.2) is 54.5 Å². The molecule has 0 atom stereocenters. The molecule has 104 valence electrons. The standard InChI is InChI=1S/C14H27N3O/c1-16(12-7-8-12)14(18)11-17(10-9-15)13-5-3-2-4-6-13/h12-13H,2-11,15H2,1H3. The first-order chi connectivity index (χ1) is 8.72. The molecule has 4 nitrogen and oxygen atoms in total. The Kier molecular flexibility index (Phi) is 5.01. The van der Waals surface area contributed by atoms with Gasteiger partial charge < -0.3 is 10.6 Å². The van der Waals surface area contributed by atoms with Crippen LogP contribution in [0.1, 0.15) is 44.9 Å². The summed E-state index contributed by atoms with van der Waals surface area (Å²) in [4.78, 5) is 16.5. The van der Waals surface area contributed by atoms with Crippen molar-refractivity contribution in [2.24, 2.45) is 5.73 Å². The minimum absolute atomic E-state index is 0.275. The van der Waals surface area contributed by atoms with Crippen molar-refractivity contribution >= 4 is 5.91 Å². The van der Waals surface area contributed by atoms with Crippen molar-refractivity contribution in [1.82, 2.24) is 9.80 Å². The fraction of sp³-hybridized carbons (Fsp3) is 0.929. The van der Waals surface area contributed by atoms with Crippen molar-refractivity contribution < 1.29 is 4.79 Å². The van der Waals surface area contributed by atoms with Gasteiger partial charge >= 0.3 is 0 Å². The maximum Gasteiger partial charge on any atom is 0.236 e. The van der Waals surface area contributed by atoms with E-state index in [0.717, 1.165) is 6.54 Å². The summed E-state index contributed by atoms with van der Waals surface area (Å²) in [7, 11) is 1.95. The number of amides is 1. The first kappa shape index (κ1) is 13.8. The second-order valence-electron chi connectivity index (χ2n) is 5.79. The quantitative estimate of drug-likeness (QED) is 0.774. The van der Waals surface area contributed by atoms with Crippen LogP contribution in [0.25, 0.3) is 0 Å². The highest BCUT2D eigenvalue weighted by atomic mass is 16.2. The van der Waals surface area contributed by atoms with Gasteiger partial charge in [-0.25, -0.2) is 0 Å². The third-order valence-electron chi connectivity index (χ3n) is 4.33. The Morgan fingerprint density at radius 3 is 2.33 bits per heavy atom. The summed E-state index contributed by atoms with van der Waals surface area (Å²) in [5.74, 6) is 0.275. The highest BCUT2D eigenvalue weighted by Crippen LogP contribution is 2.26. The molecule has 0 spiro atoms. The molecule has 2 aliphatic rings. The third kappa shape index (κ3) is 3.69. The van der Waals surface area contributed by atoms with E-state index >= 15 is 0 Å². The van der Waals surface area contributed by atoms with Crippen molar-refractivity contribution in [3.05, 3.63) is 0 Å². The van der Waals surface area contributed by atoms with E-state index in [1.165, 1.54) is 44.9 Å². The van der Waals surface area contributed by atoms with Gasteiger partial charge in [-0.05, 0) is 25.7 Å². The molecule has 18 heavy (non-hydrogen) atoms. The zero-order chi connectivity index (χ0) is 13.0. The molecule has 0 unspecified atom stereocenters. The van der Waals surface area contributed by atoms with Gasteiger partial charge in [-0.1, -0.05) is 19.3 Å². The molecular weight excluding hydrogens is 226 g/mol. The summed E-state index contributed by atoms with van der Waals surface area (Å²) < 4.78 is 0. The maximum atomic E-state index is 12.2. The number of carbonyl (C=O) groups is 1. The minimum Gasteiger partial charge on any atom is -0.342 e. The van der Waals surface area contributed by atoms with Gasteiger partial charge in [-0.3, -0.25) is 9.69 Å². The molecule has 0 heterocycles. The van der Waals surface area contributed by atoms with Gasteiger partial charge in [-0.2, -0.15) is 0 Å². The van der Waals surface area contributed by atoms with Crippen LogP contribution in [0.2, 0.25) is 0 Å². The first-order valence-corrected chi connectivity index (χ1v) is 7.42. The summed E-state index contributed by atoms with van der Waals surface area (Å²) in [6.45, 7) is 2.07. The fourth-order valence-electron chi connectivity index (χ4n) is 2.95. The zero-order valence-electron chi connectivity index (χ0n) is 11.6. The second kappa shape index (κ2) is 6.53. The second-order valence-corrected chi connectivity index (χ2v) is 5.79. The normalized spacial score (nSPS) is 21.3. The SMILES string of the molecule is CN(C(=O)CN(CCN)C1CCCCC1)C1CC1. The van der Waals surface area contributed by atoms with E-state index in [-0.39, 0.29) is 5.91 Å². The van der Waals surface area contributed by atoms with Crippen molar-refractivity contribution in [2.75, 3.05) is 26.7 Å². The monoisotopic (exact) mass is 253 g/mol. The van der Waals surface area contributed by atoms with Crippen LogP contribution in [0, 0.1) is 0 Å². The van der Waals surface area contributed by atoms with Crippen LogP contribution < -0.4 is 5.73 Å². The lowest BCUT2D eigenvalue weighted by Crippen LogP contribution is -2.46. The molecule has 2 saturated carbocycles. The van der Waals surface area contributed by atoms with E-state index in [2.05, 4.69) is 4.90 Å². The lowest BCUT2D eigenvalue weighted by molar-refractivity contribution is -0.132. The van der Waals surface area contributed by atoms with E-state index < -0.39 is 0 Å². The Hall–Kier alpha value is -0.610. The lowest BCUT2D eigenvalue weighted by atomic mass is 9.94. The van der Waals surface area contributed by atoms with Crippen LogP contribution in [0.4, 0.5) is 0 Å². The Bertz CT molecular complexity index is 272. The van der Waals surface area contributed by atoms with E-state index in [4.69, 9.17) is 5.73 Å². The summed E-state index contributed by atoms with van der Waals surface area (Å²) >= 11 is 0. The third-order valence-corrected chi connectivity index (χ3v) is 4.33. The predicted molar refractivity (Wildman–Crippen MR) is 73.3 cm³/mol. The van der Waals surface area contributed by atoms with E-state index in [1.807, 2.05) is 11.9 Å². The van der Waals surface area contributed by atoms with Gasteiger partial charge in [-0.15, -0.1) is 0 Å². The van der Waals surface area contributed by atoms with E-state index in [1.54, 1.807) is 0 Å². The molecule has 0 aromatic heterocycles. The molecule has 0 bridgehead atoms. The first-order valence-electron chi connectivity index (χ1n) is 7.42. The maximum absolute atomic E-state index is 12.2. The molecular formula is C14H27N3O. The van der Waals surface area contributed by atoms with Crippen LogP contribution in [0.5, 0.6) is 0 Å². The van der Waals surface area contributed by atoms with Gasteiger partial charge in [0.15, 0.2) is 0 Å². The summed E-state index contributed by atoms with van der Waals surface area (Å²) in [6.07, 6.45) is 8.80. The highest BCUT2D eigenvalue weighted by molar-refractivity contribution is 5.78. The molecule has 2 fully saturated rings. The molecule has 0 aromatic carbocycles. The number of nitrogens with two attached hydrogens (primary N) is 1. The van der Waals surface area contributed by atoms with Crippen molar-refractivity contribution in [1.29, 1.82) is 0 Å². The van der Waals surface area contributed by atoms with Gasteiger partial charge in [0.1, 0.15) is 0 Å². The molecule has 0 aliphatic heterocycles.